The van der Waals surface area contributed by atoms with E-state index >= 15 is 0 Å². The molecule has 0 bridgehead atoms. The van der Waals surface area contributed by atoms with Gasteiger partial charge in [0.15, 0.2) is 0 Å². The molecule has 0 amide bonds. The summed E-state index contributed by atoms with van der Waals surface area (Å²) in [6.45, 7) is 0.147. The minimum Gasteiger partial charge on any atom is -0.489 e. The first kappa shape index (κ1) is 12.1. The Morgan fingerprint density at radius 3 is 2.67 bits per heavy atom. The first-order valence-corrected chi connectivity index (χ1v) is 5.47. The number of hydrogen-bond acceptors (Lipinski definition) is 2. The lowest BCUT2D eigenvalue weighted by molar-refractivity contribution is 0.300. The fourth-order valence-corrected chi connectivity index (χ4v) is 1.53. The molecule has 0 heterocycles. The van der Waals surface area contributed by atoms with Crippen molar-refractivity contribution in [3.8, 4) is 5.75 Å². The van der Waals surface area contributed by atoms with Crippen molar-refractivity contribution in [1.82, 2.24) is 0 Å². The summed E-state index contributed by atoms with van der Waals surface area (Å²) in [6.07, 6.45) is 0. The molecule has 92 valence electrons. The maximum atomic E-state index is 13.4. The van der Waals surface area contributed by atoms with Crippen LogP contribution >= 0.6 is 0 Å². The molecular formula is C14H13FN2O. The van der Waals surface area contributed by atoms with Crippen LogP contribution in [0.5, 0.6) is 5.75 Å². The summed E-state index contributed by atoms with van der Waals surface area (Å²) >= 11 is 0. The summed E-state index contributed by atoms with van der Waals surface area (Å²) in [4.78, 5) is 0. The van der Waals surface area contributed by atoms with Gasteiger partial charge >= 0.3 is 0 Å². The summed E-state index contributed by atoms with van der Waals surface area (Å²) in [5, 5.41) is 7.32. The Morgan fingerprint density at radius 1 is 1.17 bits per heavy atom. The second-order valence-corrected chi connectivity index (χ2v) is 3.82. The Balaban J connectivity index is 2.09. The van der Waals surface area contributed by atoms with Gasteiger partial charge in [0.1, 0.15) is 24.0 Å². The molecule has 0 fully saturated rings. The molecule has 0 saturated heterocycles. The third-order valence-electron chi connectivity index (χ3n) is 2.50. The highest BCUT2D eigenvalue weighted by Gasteiger charge is 2.03. The molecule has 0 unspecified atom stereocenters. The van der Waals surface area contributed by atoms with Gasteiger partial charge in [-0.1, -0.05) is 30.3 Å². The Labute approximate surface area is 105 Å². The van der Waals surface area contributed by atoms with E-state index in [4.69, 9.17) is 15.9 Å². The normalized spacial score (nSPS) is 10.1. The number of amidine groups is 1. The molecule has 0 radical (unpaired) electrons. The Kier molecular flexibility index (Phi) is 3.57. The van der Waals surface area contributed by atoms with Gasteiger partial charge in [0.2, 0.25) is 0 Å². The van der Waals surface area contributed by atoms with Gasteiger partial charge in [-0.05, 0) is 18.2 Å². The summed E-state index contributed by atoms with van der Waals surface area (Å²) in [7, 11) is 0. The molecular weight excluding hydrogens is 231 g/mol. The molecule has 3 N–H and O–H groups in total. The van der Waals surface area contributed by atoms with E-state index in [1.165, 1.54) is 6.07 Å². The number of benzene rings is 2. The Bertz CT molecular complexity index is 569. The van der Waals surface area contributed by atoms with Crippen LogP contribution in [-0.4, -0.2) is 5.84 Å². The first-order valence-electron chi connectivity index (χ1n) is 5.47. The predicted octanol–water partition coefficient (Wildman–Crippen LogP) is 2.69. The number of rotatable bonds is 4. The molecule has 2 rings (SSSR count). The number of nitrogens with two attached hydrogens (primary N) is 1. The highest BCUT2D eigenvalue weighted by atomic mass is 19.1. The van der Waals surface area contributed by atoms with E-state index in [0.717, 1.165) is 0 Å². The summed E-state index contributed by atoms with van der Waals surface area (Å²) in [5.41, 5.74) is 6.46. The van der Waals surface area contributed by atoms with Gasteiger partial charge in [-0.25, -0.2) is 4.39 Å². The highest BCUT2D eigenvalue weighted by Crippen LogP contribution is 2.16. The summed E-state index contributed by atoms with van der Waals surface area (Å²) < 4.78 is 18.8. The molecule has 2 aromatic carbocycles. The third-order valence-corrected chi connectivity index (χ3v) is 2.50. The van der Waals surface area contributed by atoms with E-state index in [-0.39, 0.29) is 18.3 Å². The van der Waals surface area contributed by atoms with E-state index in [0.29, 0.717) is 16.9 Å². The highest BCUT2D eigenvalue weighted by molar-refractivity contribution is 5.95. The lowest BCUT2D eigenvalue weighted by Crippen LogP contribution is -2.10. The van der Waals surface area contributed by atoms with Gasteiger partial charge in [-0.2, -0.15) is 0 Å². The van der Waals surface area contributed by atoms with Crippen LogP contribution in [-0.2, 0) is 6.61 Å². The fourth-order valence-electron chi connectivity index (χ4n) is 1.53. The Morgan fingerprint density at radius 2 is 1.94 bits per heavy atom. The molecule has 4 heteroatoms. The topological polar surface area (TPSA) is 59.1 Å². The number of hydrogen-bond donors (Lipinski definition) is 2. The van der Waals surface area contributed by atoms with Crippen LogP contribution in [0.25, 0.3) is 0 Å². The molecule has 0 aliphatic carbocycles. The first-order chi connectivity index (χ1) is 8.66. The van der Waals surface area contributed by atoms with Crippen molar-refractivity contribution in [2.24, 2.45) is 5.73 Å². The van der Waals surface area contributed by atoms with E-state index < -0.39 is 0 Å². The lowest BCUT2D eigenvalue weighted by Gasteiger charge is -2.08. The van der Waals surface area contributed by atoms with Crippen LogP contribution in [0, 0.1) is 11.2 Å². The van der Waals surface area contributed by atoms with Crippen molar-refractivity contribution in [2.75, 3.05) is 0 Å². The maximum absolute atomic E-state index is 13.4. The molecule has 0 atom stereocenters. The van der Waals surface area contributed by atoms with E-state index in [9.17, 15) is 4.39 Å². The van der Waals surface area contributed by atoms with Gasteiger partial charge in [0.25, 0.3) is 0 Å². The predicted molar refractivity (Wildman–Crippen MR) is 68.2 cm³/mol. The summed E-state index contributed by atoms with van der Waals surface area (Å²) in [5.74, 6) is 0.248. The van der Waals surface area contributed by atoms with Crippen LogP contribution in [0.1, 0.15) is 11.1 Å². The van der Waals surface area contributed by atoms with Crippen molar-refractivity contribution in [3.63, 3.8) is 0 Å². The maximum Gasteiger partial charge on any atom is 0.129 e. The molecule has 0 spiro atoms. The van der Waals surface area contributed by atoms with Crippen molar-refractivity contribution < 1.29 is 9.13 Å². The SMILES string of the molecule is N=C(N)c1cccc(OCc2ccccc2F)c1. The zero-order chi connectivity index (χ0) is 13.0. The third kappa shape index (κ3) is 2.85. The molecule has 3 nitrogen and oxygen atoms in total. The zero-order valence-corrected chi connectivity index (χ0v) is 9.69. The van der Waals surface area contributed by atoms with Crippen molar-refractivity contribution in [3.05, 3.63) is 65.5 Å². The molecule has 18 heavy (non-hydrogen) atoms. The fraction of sp³-hybridized carbons (Fsp3) is 0.0714. The second-order valence-electron chi connectivity index (χ2n) is 3.82. The zero-order valence-electron chi connectivity index (χ0n) is 9.69. The molecule has 0 aromatic heterocycles. The number of nitrogen functional groups attached to an aromatic ring is 1. The second kappa shape index (κ2) is 5.31. The van der Waals surface area contributed by atoms with Gasteiger partial charge in [0, 0.05) is 11.1 Å². The van der Waals surface area contributed by atoms with E-state index in [1.807, 2.05) is 0 Å². The average Bonchev–Trinajstić information content (AvgIpc) is 2.38. The monoisotopic (exact) mass is 244 g/mol. The van der Waals surface area contributed by atoms with E-state index in [1.54, 1.807) is 42.5 Å². The van der Waals surface area contributed by atoms with Crippen LogP contribution in [0.15, 0.2) is 48.5 Å². The van der Waals surface area contributed by atoms with Gasteiger partial charge < -0.3 is 10.5 Å². The van der Waals surface area contributed by atoms with Crippen LogP contribution in [0.2, 0.25) is 0 Å². The minimum absolute atomic E-state index is 0.0219. The van der Waals surface area contributed by atoms with Crippen LogP contribution < -0.4 is 10.5 Å². The quantitative estimate of drug-likeness (QED) is 0.641. The Hall–Kier alpha value is -2.36. The average molecular weight is 244 g/mol. The van der Waals surface area contributed by atoms with Gasteiger partial charge in [-0.3, -0.25) is 5.41 Å². The lowest BCUT2D eigenvalue weighted by atomic mass is 10.2. The largest absolute Gasteiger partial charge is 0.489 e. The van der Waals surface area contributed by atoms with Gasteiger partial charge in [0.05, 0.1) is 0 Å². The van der Waals surface area contributed by atoms with Gasteiger partial charge in [-0.15, -0.1) is 0 Å². The van der Waals surface area contributed by atoms with Crippen LogP contribution in [0.4, 0.5) is 4.39 Å². The molecule has 2 aromatic rings. The van der Waals surface area contributed by atoms with Crippen molar-refractivity contribution in [2.45, 2.75) is 6.61 Å². The van der Waals surface area contributed by atoms with Crippen molar-refractivity contribution >= 4 is 5.84 Å². The smallest absolute Gasteiger partial charge is 0.129 e. The number of ether oxygens (including phenoxy) is 1. The molecule has 0 aliphatic heterocycles. The molecule has 0 saturated carbocycles. The van der Waals surface area contributed by atoms with Crippen LogP contribution in [0.3, 0.4) is 0 Å². The summed E-state index contributed by atoms with van der Waals surface area (Å²) in [6, 6.07) is 13.3. The standard InChI is InChI=1S/C14H13FN2O/c15-13-7-2-1-4-11(13)9-18-12-6-3-5-10(8-12)14(16)17/h1-8H,9H2,(H3,16,17). The number of halogens is 1. The number of nitrogens with one attached hydrogen (secondary N) is 1. The van der Waals surface area contributed by atoms with E-state index in [2.05, 4.69) is 0 Å². The molecule has 0 aliphatic rings. The minimum atomic E-state index is -0.291. The van der Waals surface area contributed by atoms with Crippen molar-refractivity contribution in [1.29, 1.82) is 5.41 Å².